The van der Waals surface area contributed by atoms with Crippen LogP contribution in [-0.4, -0.2) is 35.8 Å². The number of benzene rings is 3. The Balaban J connectivity index is 1.93. The maximum absolute atomic E-state index is 13.7. The summed E-state index contributed by atoms with van der Waals surface area (Å²) in [7, 11) is 3.90. The molecule has 0 unspecified atom stereocenters. The van der Waals surface area contributed by atoms with E-state index in [9.17, 15) is 14.0 Å². The Hall–Kier alpha value is -4.46. The van der Waals surface area contributed by atoms with E-state index >= 15 is 0 Å². The average Bonchev–Trinajstić information content (AvgIpc) is 3.23. The molecule has 0 saturated heterocycles. The molecule has 8 heteroatoms. The van der Waals surface area contributed by atoms with Gasteiger partial charge in [-0.2, -0.15) is 9.78 Å². The standard InChI is InChI=1S/C29H29FN4O3/c1-18(2)28(36)31-23-13-9-20(10-14-23)26-27(21-7-6-8-25(17-21)33(4)5)32-34(29(26)37-19(3)35)24-15-11-22(30)12-16-24/h6-18H,1-5H3,(H,31,36). The highest BCUT2D eigenvalue weighted by molar-refractivity contribution is 5.93. The van der Waals surface area contributed by atoms with Crippen molar-refractivity contribution in [1.29, 1.82) is 0 Å². The third-order valence-electron chi connectivity index (χ3n) is 5.76. The van der Waals surface area contributed by atoms with Gasteiger partial charge in [-0.05, 0) is 54.1 Å². The van der Waals surface area contributed by atoms with Crippen molar-refractivity contribution in [2.24, 2.45) is 5.92 Å². The van der Waals surface area contributed by atoms with E-state index in [1.807, 2.05) is 69.2 Å². The highest BCUT2D eigenvalue weighted by Gasteiger charge is 2.25. The lowest BCUT2D eigenvalue weighted by atomic mass is 10.0. The van der Waals surface area contributed by atoms with Gasteiger partial charge in [0.15, 0.2) is 0 Å². The Kier molecular flexibility index (Phi) is 7.38. The summed E-state index contributed by atoms with van der Waals surface area (Å²) in [4.78, 5) is 26.3. The zero-order valence-electron chi connectivity index (χ0n) is 21.4. The van der Waals surface area contributed by atoms with E-state index in [0.29, 0.717) is 22.6 Å². The summed E-state index contributed by atoms with van der Waals surface area (Å²) in [5.41, 5.74) is 4.89. The van der Waals surface area contributed by atoms with E-state index in [1.165, 1.54) is 23.7 Å². The van der Waals surface area contributed by atoms with Gasteiger partial charge in [-0.3, -0.25) is 9.59 Å². The van der Waals surface area contributed by atoms with Crippen LogP contribution in [0.25, 0.3) is 28.1 Å². The third kappa shape index (κ3) is 5.69. The van der Waals surface area contributed by atoms with Gasteiger partial charge < -0.3 is 15.0 Å². The van der Waals surface area contributed by atoms with Crippen molar-refractivity contribution in [1.82, 2.24) is 9.78 Å². The first kappa shape index (κ1) is 25.6. The maximum Gasteiger partial charge on any atom is 0.309 e. The minimum Gasteiger partial charge on any atom is -0.407 e. The van der Waals surface area contributed by atoms with Crippen LogP contribution < -0.4 is 15.0 Å². The summed E-state index contributed by atoms with van der Waals surface area (Å²) in [5, 5.41) is 7.72. The van der Waals surface area contributed by atoms with Crippen molar-refractivity contribution in [3.05, 3.63) is 78.6 Å². The fourth-order valence-electron chi connectivity index (χ4n) is 3.79. The molecular weight excluding hydrogens is 471 g/mol. The minimum absolute atomic E-state index is 0.0846. The third-order valence-corrected chi connectivity index (χ3v) is 5.76. The first-order valence-electron chi connectivity index (χ1n) is 11.9. The van der Waals surface area contributed by atoms with Gasteiger partial charge in [0.05, 0.1) is 11.3 Å². The molecule has 0 saturated carbocycles. The van der Waals surface area contributed by atoms with E-state index in [2.05, 4.69) is 5.32 Å². The van der Waals surface area contributed by atoms with Crippen LogP contribution in [-0.2, 0) is 9.59 Å². The molecule has 0 bridgehead atoms. The van der Waals surface area contributed by atoms with Crippen molar-refractivity contribution in [2.45, 2.75) is 20.8 Å². The molecule has 1 aromatic heterocycles. The van der Waals surface area contributed by atoms with Gasteiger partial charge in [0.1, 0.15) is 11.5 Å². The van der Waals surface area contributed by atoms with Crippen LogP contribution in [0.3, 0.4) is 0 Å². The summed E-state index contributed by atoms with van der Waals surface area (Å²) in [6.07, 6.45) is 0. The van der Waals surface area contributed by atoms with Crippen LogP contribution in [0, 0.1) is 11.7 Å². The molecule has 190 valence electrons. The minimum atomic E-state index is -0.515. The smallest absolute Gasteiger partial charge is 0.309 e. The van der Waals surface area contributed by atoms with Crippen LogP contribution >= 0.6 is 0 Å². The molecule has 1 N–H and O–H groups in total. The number of halogens is 1. The van der Waals surface area contributed by atoms with E-state index < -0.39 is 5.97 Å². The predicted molar refractivity (Wildman–Crippen MR) is 143 cm³/mol. The van der Waals surface area contributed by atoms with Gasteiger partial charge in [-0.1, -0.05) is 38.1 Å². The fourth-order valence-corrected chi connectivity index (χ4v) is 3.79. The summed E-state index contributed by atoms with van der Waals surface area (Å²) in [6, 6.07) is 20.9. The largest absolute Gasteiger partial charge is 0.407 e. The summed E-state index contributed by atoms with van der Waals surface area (Å²) in [6.45, 7) is 4.97. The normalized spacial score (nSPS) is 10.9. The highest BCUT2D eigenvalue weighted by atomic mass is 19.1. The lowest BCUT2D eigenvalue weighted by molar-refractivity contribution is -0.132. The monoisotopic (exact) mass is 500 g/mol. The number of rotatable bonds is 7. The first-order chi connectivity index (χ1) is 17.6. The Morgan fingerprint density at radius 3 is 2.24 bits per heavy atom. The molecule has 0 fully saturated rings. The SMILES string of the molecule is CC(=O)Oc1c(-c2ccc(NC(=O)C(C)C)cc2)c(-c2cccc(N(C)C)c2)nn1-c1ccc(F)cc1. The number of nitrogens with one attached hydrogen (secondary N) is 1. The molecule has 0 spiro atoms. The van der Waals surface area contributed by atoms with Crippen LogP contribution in [0.1, 0.15) is 20.8 Å². The number of esters is 1. The highest BCUT2D eigenvalue weighted by Crippen LogP contribution is 2.41. The van der Waals surface area contributed by atoms with Gasteiger partial charge in [-0.25, -0.2) is 4.39 Å². The van der Waals surface area contributed by atoms with Crippen molar-refractivity contribution >= 4 is 23.3 Å². The van der Waals surface area contributed by atoms with Gasteiger partial charge in [-0.15, -0.1) is 0 Å². The van der Waals surface area contributed by atoms with Gasteiger partial charge in [0, 0.05) is 43.9 Å². The quantitative estimate of drug-likeness (QED) is 0.318. The summed E-state index contributed by atoms with van der Waals surface area (Å²) < 4.78 is 20.9. The fraction of sp³-hybridized carbons (Fsp3) is 0.207. The van der Waals surface area contributed by atoms with Crippen molar-refractivity contribution < 1.29 is 18.7 Å². The molecular formula is C29H29FN4O3. The molecule has 4 rings (SSSR count). The van der Waals surface area contributed by atoms with E-state index in [0.717, 1.165) is 16.8 Å². The number of carbonyl (C=O) groups is 2. The molecule has 1 heterocycles. The van der Waals surface area contributed by atoms with Crippen LogP contribution in [0.5, 0.6) is 5.88 Å². The van der Waals surface area contributed by atoms with Crippen molar-refractivity contribution in [3.8, 4) is 34.0 Å². The molecule has 0 aliphatic carbocycles. The molecule has 4 aromatic rings. The Labute approximate surface area is 215 Å². The van der Waals surface area contributed by atoms with E-state index in [4.69, 9.17) is 9.84 Å². The lowest BCUT2D eigenvalue weighted by Gasteiger charge is -2.14. The van der Waals surface area contributed by atoms with Gasteiger partial charge in [0.2, 0.25) is 11.8 Å². The molecule has 3 aromatic carbocycles. The number of ether oxygens (including phenoxy) is 1. The molecule has 0 aliphatic heterocycles. The van der Waals surface area contributed by atoms with Crippen LogP contribution in [0.15, 0.2) is 72.8 Å². The number of nitrogens with zero attached hydrogens (tertiary/aromatic N) is 3. The van der Waals surface area contributed by atoms with Crippen LogP contribution in [0.4, 0.5) is 15.8 Å². The van der Waals surface area contributed by atoms with Crippen molar-refractivity contribution in [2.75, 3.05) is 24.3 Å². The second-order valence-electron chi connectivity index (χ2n) is 9.18. The Morgan fingerprint density at radius 1 is 0.973 bits per heavy atom. The number of anilines is 2. The zero-order chi connectivity index (χ0) is 26.7. The summed E-state index contributed by atoms with van der Waals surface area (Å²) >= 11 is 0. The van der Waals surface area contributed by atoms with Crippen LogP contribution in [0.2, 0.25) is 0 Å². The number of aromatic nitrogens is 2. The maximum atomic E-state index is 13.7. The molecule has 0 aliphatic rings. The summed E-state index contributed by atoms with van der Waals surface area (Å²) in [5.74, 6) is -0.927. The topological polar surface area (TPSA) is 76.5 Å². The molecule has 7 nitrogen and oxygen atoms in total. The lowest BCUT2D eigenvalue weighted by Crippen LogP contribution is -2.17. The van der Waals surface area contributed by atoms with E-state index in [-0.39, 0.29) is 23.5 Å². The van der Waals surface area contributed by atoms with Gasteiger partial charge >= 0.3 is 5.97 Å². The predicted octanol–water partition coefficient (Wildman–Crippen LogP) is 5.93. The molecule has 0 radical (unpaired) electrons. The second-order valence-corrected chi connectivity index (χ2v) is 9.18. The zero-order valence-corrected chi connectivity index (χ0v) is 21.4. The van der Waals surface area contributed by atoms with Gasteiger partial charge in [0.25, 0.3) is 0 Å². The number of hydrogen-bond donors (Lipinski definition) is 1. The van der Waals surface area contributed by atoms with Crippen molar-refractivity contribution in [3.63, 3.8) is 0 Å². The molecule has 1 amide bonds. The number of carbonyl (C=O) groups excluding carboxylic acids is 2. The van der Waals surface area contributed by atoms with E-state index in [1.54, 1.807) is 24.3 Å². The second kappa shape index (κ2) is 10.7. The number of amides is 1. The molecule has 0 atom stereocenters. The molecule has 37 heavy (non-hydrogen) atoms. The first-order valence-corrected chi connectivity index (χ1v) is 11.9. The Bertz CT molecular complexity index is 1420. The average molecular weight is 501 g/mol. The number of hydrogen-bond acceptors (Lipinski definition) is 5. The Morgan fingerprint density at radius 2 is 1.65 bits per heavy atom.